The maximum atomic E-state index is 5.77. The summed E-state index contributed by atoms with van der Waals surface area (Å²) in [5.41, 5.74) is 7.75. The molecule has 4 N–H and O–H groups in total. The molecule has 2 aromatic heterocycles. The van der Waals surface area contributed by atoms with Crippen LogP contribution < -0.4 is 16.4 Å². The molecular formula is C15H19N7. The summed E-state index contributed by atoms with van der Waals surface area (Å²) in [6, 6.07) is 9.78. The summed E-state index contributed by atoms with van der Waals surface area (Å²) in [6.45, 7) is 2.93. The highest BCUT2D eigenvalue weighted by molar-refractivity contribution is 5.79. The molecule has 0 bridgehead atoms. The van der Waals surface area contributed by atoms with Crippen LogP contribution in [-0.4, -0.2) is 26.1 Å². The van der Waals surface area contributed by atoms with E-state index in [2.05, 4.69) is 32.5 Å². The maximum Gasteiger partial charge on any atom is 0.223 e. The van der Waals surface area contributed by atoms with Gasteiger partial charge in [0.05, 0.1) is 11.0 Å². The molecule has 0 spiro atoms. The lowest BCUT2D eigenvalue weighted by Crippen LogP contribution is -2.08. The number of nitrogen functional groups attached to an aromatic ring is 1. The fraction of sp³-hybridized carbons (Fsp3) is 0.267. The molecule has 0 unspecified atom stereocenters. The molecular weight excluding hydrogens is 278 g/mol. The quantitative estimate of drug-likeness (QED) is 0.670. The van der Waals surface area contributed by atoms with Crippen molar-refractivity contribution in [2.24, 2.45) is 7.05 Å². The standard InChI is InChI=1S/C15H19N7/c1-3-8-17-12-9-13(20-14(16)19-12)21-15-18-10-6-4-5-7-11(10)22(15)2/h4-7,9H,3,8H2,1-2H3,(H4,16,17,18,19,20,21). The molecule has 114 valence electrons. The first-order valence-corrected chi connectivity index (χ1v) is 7.24. The number of nitrogens with two attached hydrogens (primary N) is 1. The number of hydrogen-bond acceptors (Lipinski definition) is 6. The van der Waals surface area contributed by atoms with Crippen LogP contribution in [0.3, 0.4) is 0 Å². The molecule has 0 saturated carbocycles. The van der Waals surface area contributed by atoms with Crippen LogP contribution in [0.15, 0.2) is 30.3 Å². The summed E-state index contributed by atoms with van der Waals surface area (Å²) >= 11 is 0. The molecule has 0 aliphatic rings. The normalized spacial score (nSPS) is 10.8. The second-order valence-corrected chi connectivity index (χ2v) is 5.03. The predicted octanol–water partition coefficient (Wildman–Crippen LogP) is 2.51. The summed E-state index contributed by atoms with van der Waals surface area (Å²) in [4.78, 5) is 12.9. The average molecular weight is 297 g/mol. The van der Waals surface area contributed by atoms with E-state index in [1.807, 2.05) is 41.9 Å². The molecule has 7 heteroatoms. The maximum absolute atomic E-state index is 5.77. The molecule has 3 rings (SSSR count). The Morgan fingerprint density at radius 1 is 1.14 bits per heavy atom. The average Bonchev–Trinajstić information content (AvgIpc) is 2.81. The van der Waals surface area contributed by atoms with Gasteiger partial charge in [-0.25, -0.2) is 4.98 Å². The third-order valence-electron chi connectivity index (χ3n) is 3.33. The van der Waals surface area contributed by atoms with Gasteiger partial charge in [-0.05, 0) is 18.6 Å². The van der Waals surface area contributed by atoms with E-state index < -0.39 is 0 Å². The Labute approximate surface area is 128 Å². The Balaban J connectivity index is 1.91. The lowest BCUT2D eigenvalue weighted by atomic mass is 10.3. The number of rotatable bonds is 5. The van der Waals surface area contributed by atoms with Gasteiger partial charge in [-0.3, -0.25) is 0 Å². The van der Waals surface area contributed by atoms with Crippen LogP contribution in [0.25, 0.3) is 11.0 Å². The van der Waals surface area contributed by atoms with Gasteiger partial charge in [-0.1, -0.05) is 19.1 Å². The summed E-state index contributed by atoms with van der Waals surface area (Å²) in [5, 5.41) is 6.40. The second kappa shape index (κ2) is 5.88. The minimum atomic E-state index is 0.224. The zero-order chi connectivity index (χ0) is 15.5. The van der Waals surface area contributed by atoms with Gasteiger partial charge in [0.25, 0.3) is 0 Å². The number of hydrogen-bond donors (Lipinski definition) is 3. The van der Waals surface area contributed by atoms with Crippen molar-refractivity contribution in [2.45, 2.75) is 13.3 Å². The van der Waals surface area contributed by atoms with Crippen molar-refractivity contribution in [3.05, 3.63) is 30.3 Å². The number of aromatic nitrogens is 4. The first-order valence-electron chi connectivity index (χ1n) is 7.24. The van der Waals surface area contributed by atoms with Crippen molar-refractivity contribution in [2.75, 3.05) is 22.9 Å². The number of anilines is 4. The molecule has 2 heterocycles. The topological polar surface area (TPSA) is 93.7 Å². The minimum Gasteiger partial charge on any atom is -0.370 e. The van der Waals surface area contributed by atoms with Crippen molar-refractivity contribution in [3.63, 3.8) is 0 Å². The van der Waals surface area contributed by atoms with E-state index in [9.17, 15) is 0 Å². The van der Waals surface area contributed by atoms with Gasteiger partial charge in [-0.2, -0.15) is 9.97 Å². The Kier molecular flexibility index (Phi) is 3.78. The second-order valence-electron chi connectivity index (χ2n) is 5.03. The van der Waals surface area contributed by atoms with Crippen molar-refractivity contribution in [3.8, 4) is 0 Å². The van der Waals surface area contributed by atoms with Gasteiger partial charge in [0.1, 0.15) is 11.6 Å². The smallest absolute Gasteiger partial charge is 0.223 e. The number of para-hydroxylation sites is 2. The van der Waals surface area contributed by atoms with E-state index >= 15 is 0 Å². The number of imidazole rings is 1. The van der Waals surface area contributed by atoms with Gasteiger partial charge in [0.2, 0.25) is 11.9 Å². The number of aryl methyl sites for hydroxylation is 1. The van der Waals surface area contributed by atoms with Gasteiger partial charge in [-0.15, -0.1) is 0 Å². The lowest BCUT2D eigenvalue weighted by molar-refractivity contribution is 0.951. The van der Waals surface area contributed by atoms with E-state index in [1.54, 1.807) is 0 Å². The molecule has 0 fully saturated rings. The molecule has 3 aromatic rings. The van der Waals surface area contributed by atoms with Gasteiger partial charge >= 0.3 is 0 Å². The third-order valence-corrected chi connectivity index (χ3v) is 3.33. The van der Waals surface area contributed by atoms with E-state index in [1.165, 1.54) is 0 Å². The molecule has 0 saturated heterocycles. The molecule has 0 atom stereocenters. The number of nitrogens with zero attached hydrogens (tertiary/aromatic N) is 4. The van der Waals surface area contributed by atoms with Crippen molar-refractivity contribution in [1.82, 2.24) is 19.5 Å². The fourth-order valence-corrected chi connectivity index (χ4v) is 2.25. The van der Waals surface area contributed by atoms with Gasteiger partial charge in [0.15, 0.2) is 0 Å². The molecule has 0 amide bonds. The number of nitrogens with one attached hydrogen (secondary N) is 2. The van der Waals surface area contributed by atoms with Crippen LogP contribution in [0.1, 0.15) is 13.3 Å². The van der Waals surface area contributed by atoms with Crippen LogP contribution in [0.5, 0.6) is 0 Å². The first kappa shape index (κ1) is 14.1. The Morgan fingerprint density at radius 3 is 2.68 bits per heavy atom. The monoisotopic (exact) mass is 297 g/mol. The minimum absolute atomic E-state index is 0.224. The van der Waals surface area contributed by atoms with E-state index in [0.29, 0.717) is 17.6 Å². The van der Waals surface area contributed by atoms with Crippen LogP contribution in [0.4, 0.5) is 23.5 Å². The fourth-order valence-electron chi connectivity index (χ4n) is 2.25. The van der Waals surface area contributed by atoms with Crippen LogP contribution >= 0.6 is 0 Å². The summed E-state index contributed by atoms with van der Waals surface area (Å²) < 4.78 is 1.98. The van der Waals surface area contributed by atoms with E-state index in [-0.39, 0.29) is 5.95 Å². The first-order chi connectivity index (χ1) is 10.7. The Hall–Kier alpha value is -2.83. The van der Waals surface area contributed by atoms with Crippen LogP contribution in [-0.2, 0) is 7.05 Å². The molecule has 7 nitrogen and oxygen atoms in total. The van der Waals surface area contributed by atoms with Crippen LogP contribution in [0, 0.1) is 0 Å². The van der Waals surface area contributed by atoms with Crippen molar-refractivity contribution in [1.29, 1.82) is 0 Å². The lowest BCUT2D eigenvalue weighted by Gasteiger charge is -2.09. The molecule has 0 aliphatic carbocycles. The van der Waals surface area contributed by atoms with Gasteiger partial charge < -0.3 is 20.9 Å². The largest absolute Gasteiger partial charge is 0.370 e. The summed E-state index contributed by atoms with van der Waals surface area (Å²) in [7, 11) is 1.96. The SMILES string of the molecule is CCCNc1cc(Nc2nc3ccccc3n2C)nc(N)n1. The highest BCUT2D eigenvalue weighted by Crippen LogP contribution is 2.21. The molecule has 22 heavy (non-hydrogen) atoms. The summed E-state index contributed by atoms with van der Waals surface area (Å²) in [6.07, 6.45) is 1.01. The molecule has 0 aliphatic heterocycles. The highest BCUT2D eigenvalue weighted by atomic mass is 15.2. The number of fused-ring (bicyclic) bond motifs is 1. The molecule has 1 aromatic carbocycles. The zero-order valence-electron chi connectivity index (χ0n) is 12.7. The Bertz CT molecular complexity index is 794. The Morgan fingerprint density at radius 2 is 1.91 bits per heavy atom. The van der Waals surface area contributed by atoms with Crippen molar-refractivity contribution >= 4 is 34.6 Å². The van der Waals surface area contributed by atoms with Crippen LogP contribution in [0.2, 0.25) is 0 Å². The molecule has 0 radical (unpaired) electrons. The van der Waals surface area contributed by atoms with E-state index in [0.717, 1.165) is 24.0 Å². The third kappa shape index (κ3) is 2.78. The van der Waals surface area contributed by atoms with Crippen molar-refractivity contribution < 1.29 is 0 Å². The highest BCUT2D eigenvalue weighted by Gasteiger charge is 2.09. The van der Waals surface area contributed by atoms with E-state index in [4.69, 9.17) is 5.73 Å². The zero-order valence-corrected chi connectivity index (χ0v) is 12.7. The summed E-state index contributed by atoms with van der Waals surface area (Å²) in [5.74, 6) is 2.25. The predicted molar refractivity (Wildman–Crippen MR) is 89.2 cm³/mol. The van der Waals surface area contributed by atoms with Gasteiger partial charge in [0, 0.05) is 19.7 Å². The number of benzene rings is 1.